The highest BCUT2D eigenvalue weighted by atomic mass is 19.1. The standard InChI is InChI=1S/C26H31FN8O2/c1-18-17-37-15-14-35(18)24-21-8-13-34(25-28-11-3-12-29-25)16-22(21)32-23(33-24)19-4-6-20(7-5-19)31-26(36)30-10-2-9-27/h3-7,11-12,18H,2,8-10,13-17H2,1H3,(H2,30,31,36)/t18-/m0/s1. The van der Waals surface area contributed by atoms with Gasteiger partial charge in [-0.1, -0.05) is 0 Å². The summed E-state index contributed by atoms with van der Waals surface area (Å²) in [6.45, 7) is 5.46. The van der Waals surface area contributed by atoms with Gasteiger partial charge in [-0.15, -0.1) is 0 Å². The summed E-state index contributed by atoms with van der Waals surface area (Å²) in [4.78, 5) is 35.3. The fourth-order valence-corrected chi connectivity index (χ4v) is 4.59. The van der Waals surface area contributed by atoms with Crippen LogP contribution in [0.4, 0.5) is 26.6 Å². The number of nitrogens with one attached hydrogen (secondary N) is 2. The first-order valence-electron chi connectivity index (χ1n) is 12.6. The van der Waals surface area contributed by atoms with Crippen molar-refractivity contribution in [2.75, 3.05) is 54.6 Å². The van der Waals surface area contributed by atoms with Crippen LogP contribution < -0.4 is 20.4 Å². The quantitative estimate of drug-likeness (QED) is 0.471. The third-order valence-corrected chi connectivity index (χ3v) is 6.51. The maximum Gasteiger partial charge on any atom is 0.319 e. The normalized spacial score (nSPS) is 17.3. The number of hydrogen-bond acceptors (Lipinski definition) is 8. The Morgan fingerprint density at radius 1 is 1.16 bits per heavy atom. The number of alkyl halides is 1. The summed E-state index contributed by atoms with van der Waals surface area (Å²) in [6, 6.07) is 9.07. The Balaban J connectivity index is 1.43. The second kappa shape index (κ2) is 11.5. The maximum absolute atomic E-state index is 12.3. The number of benzene rings is 1. The molecule has 0 unspecified atom stereocenters. The molecular weight excluding hydrogens is 475 g/mol. The Kier molecular flexibility index (Phi) is 7.69. The fraction of sp³-hybridized carbons (Fsp3) is 0.423. The van der Waals surface area contributed by atoms with Crippen molar-refractivity contribution >= 4 is 23.5 Å². The molecule has 1 atom stereocenters. The van der Waals surface area contributed by atoms with Crippen molar-refractivity contribution in [3.05, 3.63) is 54.0 Å². The molecule has 1 aromatic carbocycles. The number of carbonyl (C=O) groups excluding carboxylic acids is 1. The molecule has 0 saturated carbocycles. The van der Waals surface area contributed by atoms with Crippen LogP contribution in [0.15, 0.2) is 42.7 Å². The molecule has 0 spiro atoms. The lowest BCUT2D eigenvalue weighted by molar-refractivity contribution is 0.0984. The summed E-state index contributed by atoms with van der Waals surface area (Å²) < 4.78 is 17.9. The lowest BCUT2D eigenvalue weighted by atomic mass is 10.0. The number of carbonyl (C=O) groups is 1. The van der Waals surface area contributed by atoms with Crippen molar-refractivity contribution in [1.82, 2.24) is 25.3 Å². The molecule has 0 radical (unpaired) electrons. The molecule has 2 aliphatic heterocycles. The lowest BCUT2D eigenvalue weighted by Gasteiger charge is -2.37. The Bertz CT molecular complexity index is 1210. The Morgan fingerprint density at radius 3 is 2.73 bits per heavy atom. The van der Waals surface area contributed by atoms with E-state index in [0.717, 1.165) is 42.1 Å². The molecule has 4 heterocycles. The average molecular weight is 507 g/mol. The molecule has 194 valence electrons. The molecule has 0 bridgehead atoms. The van der Waals surface area contributed by atoms with Crippen molar-refractivity contribution in [2.24, 2.45) is 0 Å². The number of fused-ring (bicyclic) bond motifs is 1. The van der Waals surface area contributed by atoms with Crippen LogP contribution in [0, 0.1) is 0 Å². The van der Waals surface area contributed by atoms with E-state index in [9.17, 15) is 9.18 Å². The number of nitrogens with zero attached hydrogens (tertiary/aromatic N) is 6. The molecule has 2 aliphatic rings. The van der Waals surface area contributed by atoms with E-state index >= 15 is 0 Å². The van der Waals surface area contributed by atoms with Crippen molar-refractivity contribution in [2.45, 2.75) is 32.4 Å². The van der Waals surface area contributed by atoms with Crippen molar-refractivity contribution in [3.8, 4) is 11.4 Å². The van der Waals surface area contributed by atoms with E-state index < -0.39 is 6.67 Å². The van der Waals surface area contributed by atoms with Gasteiger partial charge in [0.15, 0.2) is 5.82 Å². The number of amides is 2. The van der Waals surface area contributed by atoms with Crippen LogP contribution in [0.5, 0.6) is 0 Å². The van der Waals surface area contributed by atoms with Crippen LogP contribution in [-0.4, -0.2) is 71.5 Å². The first-order valence-corrected chi connectivity index (χ1v) is 12.6. The third-order valence-electron chi connectivity index (χ3n) is 6.51. The van der Waals surface area contributed by atoms with E-state index in [1.165, 1.54) is 0 Å². The Morgan fingerprint density at radius 2 is 1.97 bits per heavy atom. The molecule has 1 saturated heterocycles. The summed E-state index contributed by atoms with van der Waals surface area (Å²) in [7, 11) is 0. The molecule has 1 fully saturated rings. The van der Waals surface area contributed by atoms with E-state index in [0.29, 0.717) is 43.6 Å². The number of aromatic nitrogens is 4. The monoisotopic (exact) mass is 506 g/mol. The van der Waals surface area contributed by atoms with Crippen LogP contribution in [0.3, 0.4) is 0 Å². The highest BCUT2D eigenvalue weighted by molar-refractivity contribution is 5.89. The van der Waals surface area contributed by atoms with Crippen molar-refractivity contribution in [3.63, 3.8) is 0 Å². The molecular formula is C26H31FN8O2. The predicted octanol–water partition coefficient (Wildman–Crippen LogP) is 3.20. The smallest absolute Gasteiger partial charge is 0.319 e. The first kappa shape index (κ1) is 24.8. The number of rotatable bonds is 7. The zero-order chi connectivity index (χ0) is 25.6. The third kappa shape index (κ3) is 5.77. The average Bonchev–Trinajstić information content (AvgIpc) is 2.93. The number of ether oxygens (including phenoxy) is 1. The van der Waals surface area contributed by atoms with Crippen molar-refractivity contribution < 1.29 is 13.9 Å². The van der Waals surface area contributed by atoms with Crippen LogP contribution in [0.1, 0.15) is 24.6 Å². The van der Waals surface area contributed by atoms with Gasteiger partial charge < -0.3 is 25.2 Å². The molecule has 2 N–H and O–H groups in total. The van der Waals surface area contributed by atoms with E-state index in [1.54, 1.807) is 12.4 Å². The highest BCUT2D eigenvalue weighted by Crippen LogP contribution is 2.32. The van der Waals surface area contributed by atoms with Gasteiger partial charge in [0.05, 0.1) is 38.2 Å². The molecule has 2 amide bonds. The molecule has 0 aliphatic carbocycles. The number of morpholine rings is 1. The summed E-state index contributed by atoms with van der Waals surface area (Å²) in [6.07, 6.45) is 4.59. The first-order chi connectivity index (χ1) is 18.1. The number of anilines is 3. The molecule has 5 rings (SSSR count). The summed E-state index contributed by atoms with van der Waals surface area (Å²) in [5.41, 5.74) is 3.61. The van der Waals surface area contributed by atoms with E-state index in [2.05, 4.69) is 37.3 Å². The van der Waals surface area contributed by atoms with Gasteiger partial charge in [0, 0.05) is 48.8 Å². The SMILES string of the molecule is C[C@H]1COCCN1c1nc(-c2ccc(NC(=O)NCCCF)cc2)nc2c1CCN(c1ncccn1)C2. The Hall–Kier alpha value is -3.86. The highest BCUT2D eigenvalue weighted by Gasteiger charge is 2.29. The van der Waals surface area contributed by atoms with Gasteiger partial charge in [0.25, 0.3) is 0 Å². The topological polar surface area (TPSA) is 108 Å². The molecule has 2 aromatic heterocycles. The number of hydrogen-bond donors (Lipinski definition) is 2. The largest absolute Gasteiger partial charge is 0.377 e. The number of halogens is 1. The van der Waals surface area contributed by atoms with Crippen LogP contribution in [0.2, 0.25) is 0 Å². The minimum Gasteiger partial charge on any atom is -0.377 e. The van der Waals surface area contributed by atoms with Crippen LogP contribution in [-0.2, 0) is 17.7 Å². The van der Waals surface area contributed by atoms with Crippen LogP contribution in [0.25, 0.3) is 11.4 Å². The van der Waals surface area contributed by atoms with Gasteiger partial charge in [0.1, 0.15) is 5.82 Å². The maximum atomic E-state index is 12.3. The second-order valence-corrected chi connectivity index (χ2v) is 9.13. The zero-order valence-electron chi connectivity index (χ0n) is 20.9. The van der Waals surface area contributed by atoms with E-state index in [1.807, 2.05) is 30.3 Å². The van der Waals surface area contributed by atoms with Gasteiger partial charge in [-0.3, -0.25) is 4.39 Å². The van der Waals surface area contributed by atoms with E-state index in [4.69, 9.17) is 14.7 Å². The summed E-state index contributed by atoms with van der Waals surface area (Å²) in [5.74, 6) is 2.27. The van der Waals surface area contributed by atoms with Crippen LogP contribution >= 0.6 is 0 Å². The van der Waals surface area contributed by atoms with Crippen molar-refractivity contribution in [1.29, 1.82) is 0 Å². The number of urea groups is 1. The minimum absolute atomic E-state index is 0.207. The summed E-state index contributed by atoms with van der Waals surface area (Å²) >= 11 is 0. The fourth-order valence-electron chi connectivity index (χ4n) is 4.59. The van der Waals surface area contributed by atoms with Gasteiger partial charge in [-0.25, -0.2) is 24.7 Å². The second-order valence-electron chi connectivity index (χ2n) is 9.13. The van der Waals surface area contributed by atoms with Gasteiger partial charge in [-0.05, 0) is 50.1 Å². The molecule has 3 aromatic rings. The van der Waals surface area contributed by atoms with Gasteiger partial charge in [0.2, 0.25) is 5.95 Å². The lowest BCUT2D eigenvalue weighted by Crippen LogP contribution is -2.45. The molecule has 11 heteroatoms. The minimum atomic E-state index is -0.461. The molecule has 10 nitrogen and oxygen atoms in total. The van der Waals surface area contributed by atoms with Gasteiger partial charge in [-0.2, -0.15) is 0 Å². The van der Waals surface area contributed by atoms with E-state index in [-0.39, 0.29) is 18.6 Å². The Labute approximate surface area is 215 Å². The molecule has 37 heavy (non-hydrogen) atoms. The predicted molar refractivity (Wildman–Crippen MR) is 139 cm³/mol. The summed E-state index contributed by atoms with van der Waals surface area (Å²) in [5, 5.41) is 5.40. The van der Waals surface area contributed by atoms with Gasteiger partial charge >= 0.3 is 6.03 Å². The zero-order valence-corrected chi connectivity index (χ0v) is 20.9.